The molecule has 1 aliphatic rings. The van der Waals surface area contributed by atoms with E-state index in [1.54, 1.807) is 25.6 Å². The highest BCUT2D eigenvalue weighted by molar-refractivity contribution is 7.92. The molecule has 0 aliphatic carbocycles. The fourth-order valence-electron chi connectivity index (χ4n) is 3.24. The highest BCUT2D eigenvalue weighted by Crippen LogP contribution is 2.25. The number of hydrogen-bond acceptors (Lipinski definition) is 4. The van der Waals surface area contributed by atoms with E-state index in [1.165, 1.54) is 19.3 Å². The molecular formula is C17H24N4O2S. The van der Waals surface area contributed by atoms with Gasteiger partial charge in [0, 0.05) is 31.5 Å². The lowest BCUT2D eigenvalue weighted by Gasteiger charge is -2.28. The first kappa shape index (κ1) is 16.8. The second-order valence-corrected chi connectivity index (χ2v) is 7.94. The summed E-state index contributed by atoms with van der Waals surface area (Å²) in [6.07, 6.45) is 3.72. The Morgan fingerprint density at radius 1 is 1.04 bits per heavy atom. The summed E-state index contributed by atoms with van der Waals surface area (Å²) in [5.41, 5.74) is 2.85. The van der Waals surface area contributed by atoms with Gasteiger partial charge in [-0.05, 0) is 57.4 Å². The SMILES string of the molecule is Cc1nn(C)c(C)c1S(=O)(=O)Nc1ccc(N2CCCCC2)cc1. The Morgan fingerprint density at radius 2 is 1.67 bits per heavy atom. The maximum Gasteiger partial charge on any atom is 0.265 e. The summed E-state index contributed by atoms with van der Waals surface area (Å²) in [6, 6.07) is 7.60. The van der Waals surface area contributed by atoms with Crippen molar-refractivity contribution in [2.75, 3.05) is 22.7 Å². The fraction of sp³-hybridized carbons (Fsp3) is 0.471. The first-order valence-corrected chi connectivity index (χ1v) is 9.75. The lowest BCUT2D eigenvalue weighted by Crippen LogP contribution is -2.29. The number of aromatic nitrogens is 2. The summed E-state index contributed by atoms with van der Waals surface area (Å²) in [5, 5.41) is 4.18. The van der Waals surface area contributed by atoms with Gasteiger partial charge in [-0.2, -0.15) is 5.10 Å². The molecule has 3 rings (SSSR count). The molecule has 0 amide bonds. The van der Waals surface area contributed by atoms with Crippen LogP contribution in [0.1, 0.15) is 30.7 Å². The van der Waals surface area contributed by atoms with Crippen LogP contribution in [0.5, 0.6) is 0 Å². The maximum absolute atomic E-state index is 12.7. The molecule has 1 aliphatic heterocycles. The number of anilines is 2. The summed E-state index contributed by atoms with van der Waals surface area (Å²) < 4.78 is 29.6. The molecule has 0 saturated carbocycles. The summed E-state index contributed by atoms with van der Waals surface area (Å²) in [6.45, 7) is 5.60. The molecule has 130 valence electrons. The zero-order valence-corrected chi connectivity index (χ0v) is 15.2. The van der Waals surface area contributed by atoms with Crippen LogP contribution in [0.15, 0.2) is 29.2 Å². The molecule has 1 N–H and O–H groups in total. The van der Waals surface area contributed by atoms with E-state index in [9.17, 15) is 8.42 Å². The van der Waals surface area contributed by atoms with Gasteiger partial charge >= 0.3 is 0 Å². The molecule has 0 unspecified atom stereocenters. The molecule has 7 heteroatoms. The molecule has 0 atom stereocenters. The molecule has 24 heavy (non-hydrogen) atoms. The van der Waals surface area contributed by atoms with Crippen molar-refractivity contribution in [2.45, 2.75) is 38.0 Å². The standard InChI is InChI=1S/C17H24N4O2S/c1-13-17(14(2)20(3)18-13)24(22,23)19-15-7-9-16(10-8-15)21-11-5-4-6-12-21/h7-10,19H,4-6,11-12H2,1-3H3. The van der Waals surface area contributed by atoms with Crippen LogP contribution in [0.2, 0.25) is 0 Å². The van der Waals surface area contributed by atoms with E-state index in [-0.39, 0.29) is 4.90 Å². The minimum Gasteiger partial charge on any atom is -0.372 e. The van der Waals surface area contributed by atoms with E-state index in [0.29, 0.717) is 17.1 Å². The minimum atomic E-state index is -3.64. The summed E-state index contributed by atoms with van der Waals surface area (Å²) in [7, 11) is -1.89. The zero-order chi connectivity index (χ0) is 17.3. The Labute approximate surface area is 143 Å². The van der Waals surface area contributed by atoms with Crippen LogP contribution in [0.25, 0.3) is 0 Å². The van der Waals surface area contributed by atoms with Crippen molar-refractivity contribution in [2.24, 2.45) is 7.05 Å². The Hall–Kier alpha value is -2.02. The van der Waals surface area contributed by atoms with Crippen molar-refractivity contribution in [3.8, 4) is 0 Å². The number of sulfonamides is 1. The minimum absolute atomic E-state index is 0.255. The normalized spacial score (nSPS) is 15.5. The van der Waals surface area contributed by atoms with Crippen LogP contribution in [0, 0.1) is 13.8 Å². The molecule has 2 heterocycles. The summed E-state index contributed by atoms with van der Waals surface area (Å²) >= 11 is 0. The highest BCUT2D eigenvalue weighted by Gasteiger charge is 2.24. The molecule has 0 spiro atoms. The van der Waals surface area contributed by atoms with E-state index in [0.717, 1.165) is 18.8 Å². The third-order valence-electron chi connectivity index (χ3n) is 4.55. The van der Waals surface area contributed by atoms with Crippen LogP contribution in [-0.2, 0) is 17.1 Å². The van der Waals surface area contributed by atoms with Gasteiger partial charge in [0.2, 0.25) is 0 Å². The average molecular weight is 348 g/mol. The number of nitrogens with zero attached hydrogens (tertiary/aromatic N) is 3. The lowest BCUT2D eigenvalue weighted by molar-refractivity contribution is 0.578. The average Bonchev–Trinajstić information content (AvgIpc) is 2.81. The number of rotatable bonds is 4. The Kier molecular flexibility index (Phi) is 4.54. The van der Waals surface area contributed by atoms with Gasteiger partial charge in [-0.25, -0.2) is 8.42 Å². The van der Waals surface area contributed by atoms with Gasteiger partial charge in [0.15, 0.2) is 0 Å². The number of benzene rings is 1. The molecular weight excluding hydrogens is 324 g/mol. The topological polar surface area (TPSA) is 67.2 Å². The van der Waals surface area contributed by atoms with Crippen molar-refractivity contribution in [3.63, 3.8) is 0 Å². The zero-order valence-electron chi connectivity index (χ0n) is 14.4. The monoisotopic (exact) mass is 348 g/mol. The molecule has 0 radical (unpaired) electrons. The number of hydrogen-bond donors (Lipinski definition) is 1. The van der Waals surface area contributed by atoms with Gasteiger partial charge in [-0.1, -0.05) is 0 Å². The Balaban J connectivity index is 1.80. The highest BCUT2D eigenvalue weighted by atomic mass is 32.2. The third-order valence-corrected chi connectivity index (χ3v) is 6.18. The molecule has 0 bridgehead atoms. The second-order valence-electron chi connectivity index (χ2n) is 6.32. The molecule has 2 aromatic rings. The second kappa shape index (κ2) is 6.47. The largest absolute Gasteiger partial charge is 0.372 e. The van der Waals surface area contributed by atoms with Crippen LogP contribution < -0.4 is 9.62 Å². The van der Waals surface area contributed by atoms with Crippen molar-refractivity contribution < 1.29 is 8.42 Å². The van der Waals surface area contributed by atoms with Crippen molar-refractivity contribution in [3.05, 3.63) is 35.7 Å². The van der Waals surface area contributed by atoms with Crippen molar-refractivity contribution in [1.82, 2.24) is 9.78 Å². The molecule has 6 nitrogen and oxygen atoms in total. The lowest BCUT2D eigenvalue weighted by atomic mass is 10.1. The van der Waals surface area contributed by atoms with Gasteiger partial charge in [0.05, 0.1) is 11.4 Å². The predicted molar refractivity (Wildman–Crippen MR) is 96.0 cm³/mol. The van der Waals surface area contributed by atoms with E-state index >= 15 is 0 Å². The third kappa shape index (κ3) is 3.26. The first-order valence-electron chi connectivity index (χ1n) is 8.26. The molecule has 1 aromatic heterocycles. The molecule has 1 fully saturated rings. The quantitative estimate of drug-likeness (QED) is 0.922. The van der Waals surface area contributed by atoms with Crippen LogP contribution >= 0.6 is 0 Å². The smallest absolute Gasteiger partial charge is 0.265 e. The van der Waals surface area contributed by atoms with E-state index in [2.05, 4.69) is 14.7 Å². The summed E-state index contributed by atoms with van der Waals surface area (Å²) in [4.78, 5) is 2.60. The van der Waals surface area contributed by atoms with Crippen LogP contribution in [0.4, 0.5) is 11.4 Å². The molecule has 1 aromatic carbocycles. The van der Waals surface area contributed by atoms with Gasteiger partial charge in [0.1, 0.15) is 4.90 Å². The predicted octanol–water partition coefficient (Wildman–Crippen LogP) is 2.83. The summed E-state index contributed by atoms with van der Waals surface area (Å²) in [5.74, 6) is 0. The van der Waals surface area contributed by atoms with Crippen LogP contribution in [-0.4, -0.2) is 31.3 Å². The Morgan fingerprint density at radius 3 is 2.21 bits per heavy atom. The van der Waals surface area contributed by atoms with Crippen molar-refractivity contribution >= 4 is 21.4 Å². The number of aryl methyl sites for hydroxylation is 2. The number of nitrogens with one attached hydrogen (secondary N) is 1. The maximum atomic E-state index is 12.7. The number of piperidine rings is 1. The van der Waals surface area contributed by atoms with E-state index < -0.39 is 10.0 Å². The van der Waals surface area contributed by atoms with Gasteiger partial charge < -0.3 is 4.90 Å². The fourth-order valence-corrected chi connectivity index (χ4v) is 4.74. The Bertz CT molecular complexity index is 819. The van der Waals surface area contributed by atoms with E-state index in [4.69, 9.17) is 0 Å². The van der Waals surface area contributed by atoms with Gasteiger partial charge in [-0.3, -0.25) is 9.40 Å². The first-order chi connectivity index (χ1) is 11.4. The van der Waals surface area contributed by atoms with Gasteiger partial charge in [0.25, 0.3) is 10.0 Å². The van der Waals surface area contributed by atoms with E-state index in [1.807, 2.05) is 24.3 Å². The van der Waals surface area contributed by atoms with Gasteiger partial charge in [-0.15, -0.1) is 0 Å². The molecule has 1 saturated heterocycles. The van der Waals surface area contributed by atoms with Crippen LogP contribution in [0.3, 0.4) is 0 Å². The van der Waals surface area contributed by atoms with Crippen molar-refractivity contribution in [1.29, 1.82) is 0 Å².